The SMILES string of the molecule is CC/C=C\C/C=C\C/C=C\C/C=C\C/C=C\C/C=C\C/C=C\CCCCCCCC(=O)OCC(COC(=O)CCCCCCCCCCCCCCC)OC(=O)CCCCCCC/C=C\C/C=C\C/C=C\C/C=C\C/C=C\CC. The summed E-state index contributed by atoms with van der Waals surface area (Å²) in [6.07, 6.45) is 94.1. The molecule has 0 aromatic rings. The second-order valence-electron chi connectivity index (χ2n) is 20.9. The van der Waals surface area contributed by atoms with Crippen LogP contribution in [0.15, 0.2) is 146 Å². The van der Waals surface area contributed by atoms with E-state index in [1.54, 1.807) is 0 Å². The van der Waals surface area contributed by atoms with E-state index >= 15 is 0 Å². The van der Waals surface area contributed by atoms with E-state index in [2.05, 4.69) is 167 Å². The van der Waals surface area contributed by atoms with Crippen LogP contribution in [0.2, 0.25) is 0 Å². The zero-order chi connectivity index (χ0) is 57.1. The first kappa shape index (κ1) is 74.3. The van der Waals surface area contributed by atoms with Crippen molar-refractivity contribution < 1.29 is 28.6 Å². The number of hydrogen-bond acceptors (Lipinski definition) is 6. The Labute approximate surface area is 487 Å². The maximum absolute atomic E-state index is 12.9. The van der Waals surface area contributed by atoms with Crippen LogP contribution in [0.5, 0.6) is 0 Å². The second kappa shape index (κ2) is 65.8. The van der Waals surface area contributed by atoms with Crippen LogP contribution in [-0.2, 0) is 28.6 Å². The Hall–Kier alpha value is -4.71. The van der Waals surface area contributed by atoms with Gasteiger partial charge in [-0.15, -0.1) is 0 Å². The third kappa shape index (κ3) is 64.0. The Bertz CT molecular complexity index is 1730. The van der Waals surface area contributed by atoms with E-state index < -0.39 is 6.10 Å². The normalized spacial score (nSPS) is 13.1. The van der Waals surface area contributed by atoms with Crippen LogP contribution in [0.1, 0.15) is 278 Å². The zero-order valence-electron chi connectivity index (χ0n) is 51.1. The van der Waals surface area contributed by atoms with Gasteiger partial charge in [-0.3, -0.25) is 14.4 Å². The molecule has 0 amide bonds. The standard InChI is InChI=1S/C73H118O6/c1-4-7-10-13-16-19-22-25-27-29-31-33-34-35-36-37-38-40-41-43-45-48-51-54-57-60-63-66-72(75)78-69-70(68-77-71(74)65-62-59-56-53-50-47-24-21-18-15-12-9-6-3)79-73(76)67-64-61-58-55-52-49-46-44-42-39-32-30-28-26-23-20-17-14-11-8-5-2/h7-8,10-11,16-17,19-20,25-28,31-33,35-36,38-40,43-46,70H,4-6,9,12-15,18,21-24,29-30,34,37,41-42,47-69H2,1-3H3/b10-7-,11-8-,19-16-,20-17-,27-25-,28-26-,33-31-,36-35-,39-32-,40-38-,45-43-,46-44-. The second-order valence-corrected chi connectivity index (χ2v) is 20.9. The Morgan fingerprint density at radius 2 is 0.494 bits per heavy atom. The number of esters is 3. The number of rotatable bonds is 57. The van der Waals surface area contributed by atoms with Crippen molar-refractivity contribution in [2.45, 2.75) is 284 Å². The average Bonchev–Trinajstić information content (AvgIpc) is 3.45. The molecule has 0 saturated carbocycles. The summed E-state index contributed by atoms with van der Waals surface area (Å²) in [6.45, 7) is 6.39. The molecule has 0 aliphatic carbocycles. The number of allylic oxidation sites excluding steroid dienone is 24. The highest BCUT2D eigenvalue weighted by Crippen LogP contribution is 2.15. The molecule has 79 heavy (non-hydrogen) atoms. The van der Waals surface area contributed by atoms with Gasteiger partial charge in [0.2, 0.25) is 0 Å². The fraction of sp³-hybridized carbons (Fsp3) is 0.630. The largest absolute Gasteiger partial charge is 0.462 e. The fourth-order valence-corrected chi connectivity index (χ4v) is 8.57. The third-order valence-corrected chi connectivity index (χ3v) is 13.3. The van der Waals surface area contributed by atoms with Crippen molar-refractivity contribution in [1.82, 2.24) is 0 Å². The molecule has 0 fully saturated rings. The van der Waals surface area contributed by atoms with Crippen molar-refractivity contribution in [3.63, 3.8) is 0 Å². The average molecular weight is 1090 g/mol. The van der Waals surface area contributed by atoms with E-state index in [4.69, 9.17) is 14.2 Å². The highest BCUT2D eigenvalue weighted by molar-refractivity contribution is 5.71. The maximum atomic E-state index is 12.9. The summed E-state index contributed by atoms with van der Waals surface area (Å²) in [7, 11) is 0. The minimum Gasteiger partial charge on any atom is -0.462 e. The first-order valence-electron chi connectivity index (χ1n) is 32.3. The van der Waals surface area contributed by atoms with E-state index in [1.807, 2.05) is 0 Å². The molecule has 0 spiro atoms. The van der Waals surface area contributed by atoms with Gasteiger partial charge < -0.3 is 14.2 Å². The molecule has 0 heterocycles. The molecule has 6 nitrogen and oxygen atoms in total. The highest BCUT2D eigenvalue weighted by Gasteiger charge is 2.19. The molecule has 1 unspecified atom stereocenters. The van der Waals surface area contributed by atoms with Gasteiger partial charge in [0.05, 0.1) is 0 Å². The van der Waals surface area contributed by atoms with Crippen molar-refractivity contribution in [2.24, 2.45) is 0 Å². The number of hydrogen-bond donors (Lipinski definition) is 0. The maximum Gasteiger partial charge on any atom is 0.306 e. The Kier molecular flexibility index (Phi) is 61.9. The molecule has 0 radical (unpaired) electrons. The molecule has 0 aromatic carbocycles. The summed E-state index contributed by atoms with van der Waals surface area (Å²) in [5.41, 5.74) is 0. The lowest BCUT2D eigenvalue weighted by atomic mass is 10.0. The van der Waals surface area contributed by atoms with Gasteiger partial charge in [0.25, 0.3) is 0 Å². The first-order chi connectivity index (χ1) is 39.0. The molecule has 0 aromatic heterocycles. The van der Waals surface area contributed by atoms with Crippen LogP contribution in [0, 0.1) is 0 Å². The summed E-state index contributed by atoms with van der Waals surface area (Å²) in [5, 5.41) is 0. The van der Waals surface area contributed by atoms with E-state index in [0.717, 1.165) is 173 Å². The van der Waals surface area contributed by atoms with Crippen LogP contribution < -0.4 is 0 Å². The third-order valence-electron chi connectivity index (χ3n) is 13.3. The topological polar surface area (TPSA) is 78.9 Å². The fourth-order valence-electron chi connectivity index (χ4n) is 8.57. The minimum atomic E-state index is -0.803. The van der Waals surface area contributed by atoms with E-state index in [0.29, 0.717) is 19.3 Å². The van der Waals surface area contributed by atoms with Gasteiger partial charge in [0.15, 0.2) is 6.10 Å². The van der Waals surface area contributed by atoms with Crippen LogP contribution >= 0.6 is 0 Å². The molecule has 0 aliphatic heterocycles. The molecular formula is C73H118O6. The Balaban J connectivity index is 4.44. The van der Waals surface area contributed by atoms with Crippen LogP contribution in [0.3, 0.4) is 0 Å². The lowest BCUT2D eigenvalue weighted by Crippen LogP contribution is -2.30. The van der Waals surface area contributed by atoms with Crippen LogP contribution in [0.25, 0.3) is 0 Å². The molecule has 0 saturated heterocycles. The van der Waals surface area contributed by atoms with Gasteiger partial charge in [0.1, 0.15) is 13.2 Å². The summed E-state index contributed by atoms with van der Waals surface area (Å²) in [6, 6.07) is 0. The smallest absolute Gasteiger partial charge is 0.306 e. The van der Waals surface area contributed by atoms with Crippen molar-refractivity contribution in [3.05, 3.63) is 146 Å². The van der Waals surface area contributed by atoms with Crippen molar-refractivity contribution in [3.8, 4) is 0 Å². The van der Waals surface area contributed by atoms with E-state index in [9.17, 15) is 14.4 Å². The van der Waals surface area contributed by atoms with Gasteiger partial charge >= 0.3 is 17.9 Å². The van der Waals surface area contributed by atoms with Gasteiger partial charge in [-0.2, -0.15) is 0 Å². The van der Waals surface area contributed by atoms with Gasteiger partial charge in [0, 0.05) is 19.3 Å². The zero-order valence-corrected chi connectivity index (χ0v) is 51.1. The van der Waals surface area contributed by atoms with Crippen LogP contribution in [0.4, 0.5) is 0 Å². The van der Waals surface area contributed by atoms with Gasteiger partial charge in [-0.1, -0.05) is 282 Å². The number of ether oxygens (including phenoxy) is 3. The molecule has 1 atom stereocenters. The predicted octanol–water partition coefficient (Wildman–Crippen LogP) is 22.3. The van der Waals surface area contributed by atoms with Crippen molar-refractivity contribution in [2.75, 3.05) is 13.2 Å². The predicted molar refractivity (Wildman–Crippen MR) is 343 cm³/mol. The van der Waals surface area contributed by atoms with Crippen molar-refractivity contribution in [1.29, 1.82) is 0 Å². The number of unbranched alkanes of at least 4 members (excludes halogenated alkanes) is 22. The molecule has 446 valence electrons. The van der Waals surface area contributed by atoms with E-state index in [1.165, 1.54) is 64.2 Å². The summed E-state index contributed by atoms with van der Waals surface area (Å²) >= 11 is 0. The Morgan fingerprint density at radius 3 is 0.772 bits per heavy atom. The lowest BCUT2D eigenvalue weighted by Gasteiger charge is -2.18. The molecule has 0 bridgehead atoms. The lowest BCUT2D eigenvalue weighted by molar-refractivity contribution is -0.167. The molecule has 6 heteroatoms. The quantitative estimate of drug-likeness (QED) is 0.0261. The number of carbonyl (C=O) groups excluding carboxylic acids is 3. The van der Waals surface area contributed by atoms with Crippen molar-refractivity contribution >= 4 is 17.9 Å². The highest BCUT2D eigenvalue weighted by atomic mass is 16.6. The molecule has 0 N–H and O–H groups in total. The minimum absolute atomic E-state index is 0.0953. The van der Waals surface area contributed by atoms with E-state index in [-0.39, 0.29) is 31.1 Å². The molecular weight excluding hydrogens is 973 g/mol. The summed E-state index contributed by atoms with van der Waals surface area (Å²) < 4.78 is 16.9. The summed E-state index contributed by atoms with van der Waals surface area (Å²) in [4.78, 5) is 38.3. The summed E-state index contributed by atoms with van der Waals surface area (Å²) in [5.74, 6) is -0.933. The van der Waals surface area contributed by atoms with Gasteiger partial charge in [-0.05, 0) is 122 Å². The molecule has 0 aliphatic rings. The first-order valence-corrected chi connectivity index (χ1v) is 32.3. The van der Waals surface area contributed by atoms with Crippen LogP contribution in [-0.4, -0.2) is 37.2 Å². The molecule has 0 rings (SSSR count). The Morgan fingerprint density at radius 1 is 0.266 bits per heavy atom. The van der Waals surface area contributed by atoms with Gasteiger partial charge in [-0.25, -0.2) is 0 Å². The monoisotopic (exact) mass is 1090 g/mol. The number of carbonyl (C=O) groups is 3.